The minimum Gasteiger partial charge on any atom is -0.481 e. The molecule has 1 aliphatic heterocycles. The number of aromatic nitrogens is 4. The Hall–Kier alpha value is -4.71. The number of pyridine rings is 2. The van der Waals surface area contributed by atoms with Crippen molar-refractivity contribution < 1.29 is 14.6 Å². The van der Waals surface area contributed by atoms with E-state index in [1.54, 1.807) is 32.5 Å². The van der Waals surface area contributed by atoms with Gasteiger partial charge in [-0.05, 0) is 69.0 Å². The van der Waals surface area contributed by atoms with Crippen molar-refractivity contribution in [2.75, 3.05) is 25.5 Å². The molecule has 2 aromatic carbocycles. The number of carboxylic acids is 1. The second-order valence-electron chi connectivity index (χ2n) is 12.1. The van der Waals surface area contributed by atoms with E-state index >= 15 is 0 Å². The summed E-state index contributed by atoms with van der Waals surface area (Å²) in [5.74, 6) is 0.201. The van der Waals surface area contributed by atoms with Gasteiger partial charge in [-0.3, -0.25) is 18.7 Å². The molecule has 4 heterocycles. The summed E-state index contributed by atoms with van der Waals surface area (Å²) in [6.45, 7) is 5.72. The number of anilines is 2. The van der Waals surface area contributed by atoms with Crippen LogP contribution in [0.1, 0.15) is 44.2 Å². The summed E-state index contributed by atoms with van der Waals surface area (Å²) in [5, 5.41) is 16.0. The Bertz CT molecular complexity index is 2190. The number of hydrogen-bond donors (Lipinski definition) is 3. The molecular weight excluding hydrogens is 691 g/mol. The van der Waals surface area contributed by atoms with E-state index in [4.69, 9.17) is 38.0 Å². The van der Waals surface area contributed by atoms with Crippen LogP contribution in [0.4, 0.5) is 11.5 Å². The van der Waals surface area contributed by atoms with E-state index in [0.29, 0.717) is 38.5 Å². The van der Waals surface area contributed by atoms with Crippen LogP contribution in [0.2, 0.25) is 10.0 Å². The van der Waals surface area contributed by atoms with Crippen LogP contribution in [0.25, 0.3) is 33.3 Å². The molecule has 268 valence electrons. The largest absolute Gasteiger partial charge is 0.481 e. The maximum absolute atomic E-state index is 13.0. The molecule has 3 aromatic heterocycles. The average molecular weight is 734 g/mol. The highest BCUT2D eigenvalue weighted by atomic mass is 35.5. The summed E-state index contributed by atoms with van der Waals surface area (Å²) in [6.07, 6.45) is 6.14. The SMILES string of the molecule is CC.COc1nc(-c2cccc(-c3cccc(Nc4nccc5c4c(=O)n(C)c(=O)n5C)c3Cl)c2Cl)cc2c1CCC2.O=C(O)C1CCNCC1. The Morgan fingerprint density at radius 1 is 0.961 bits per heavy atom. The molecule has 11 nitrogen and oxygen atoms in total. The lowest BCUT2D eigenvalue weighted by Crippen LogP contribution is -2.37. The normalized spacial score (nSPS) is 13.8. The van der Waals surface area contributed by atoms with Crippen molar-refractivity contribution >= 4 is 51.6 Å². The van der Waals surface area contributed by atoms with Crippen LogP contribution in [-0.2, 0) is 31.7 Å². The van der Waals surface area contributed by atoms with E-state index in [2.05, 4.69) is 21.7 Å². The number of halogens is 2. The molecule has 5 aromatic rings. The zero-order valence-electron chi connectivity index (χ0n) is 29.3. The van der Waals surface area contributed by atoms with Crippen molar-refractivity contribution in [1.82, 2.24) is 24.4 Å². The Labute approximate surface area is 306 Å². The number of fused-ring (bicyclic) bond motifs is 2. The summed E-state index contributed by atoms with van der Waals surface area (Å²) >= 11 is 14.0. The van der Waals surface area contributed by atoms with Crippen LogP contribution >= 0.6 is 23.2 Å². The number of carbonyl (C=O) groups is 1. The van der Waals surface area contributed by atoms with Crippen molar-refractivity contribution in [3.05, 3.63) is 96.7 Å². The molecule has 1 fully saturated rings. The van der Waals surface area contributed by atoms with Gasteiger partial charge in [0.05, 0.1) is 40.0 Å². The number of hydrogen-bond acceptors (Lipinski definition) is 8. The zero-order chi connectivity index (χ0) is 36.8. The highest BCUT2D eigenvalue weighted by molar-refractivity contribution is 6.39. The van der Waals surface area contributed by atoms with Gasteiger partial charge >= 0.3 is 11.7 Å². The Morgan fingerprint density at radius 3 is 2.29 bits per heavy atom. The van der Waals surface area contributed by atoms with Crippen LogP contribution in [0, 0.1) is 5.92 Å². The molecule has 0 unspecified atom stereocenters. The molecule has 0 saturated carbocycles. The minimum atomic E-state index is -0.642. The van der Waals surface area contributed by atoms with Gasteiger partial charge in [0.25, 0.3) is 5.56 Å². The summed E-state index contributed by atoms with van der Waals surface area (Å²) in [6, 6.07) is 15.0. The number of methoxy groups -OCH3 is 1. The van der Waals surface area contributed by atoms with Crippen LogP contribution < -0.4 is 26.6 Å². The predicted molar refractivity (Wildman–Crippen MR) is 204 cm³/mol. The van der Waals surface area contributed by atoms with Gasteiger partial charge in [-0.15, -0.1) is 0 Å². The number of rotatable bonds is 6. The molecule has 3 N–H and O–H groups in total. The average Bonchev–Trinajstić information content (AvgIpc) is 3.64. The third-order valence-corrected chi connectivity index (χ3v) is 9.95. The Kier molecular flexibility index (Phi) is 12.2. The van der Waals surface area contributed by atoms with E-state index in [0.717, 1.165) is 72.1 Å². The van der Waals surface area contributed by atoms with Gasteiger partial charge in [0.15, 0.2) is 0 Å². The van der Waals surface area contributed by atoms with Gasteiger partial charge in [0.2, 0.25) is 5.88 Å². The van der Waals surface area contributed by atoms with E-state index in [9.17, 15) is 14.4 Å². The van der Waals surface area contributed by atoms with E-state index in [1.165, 1.54) is 17.2 Å². The molecule has 13 heteroatoms. The van der Waals surface area contributed by atoms with E-state index in [-0.39, 0.29) is 11.3 Å². The Balaban J connectivity index is 0.000000397. The smallest absolute Gasteiger partial charge is 0.330 e. The first-order chi connectivity index (χ1) is 24.6. The highest BCUT2D eigenvalue weighted by Crippen LogP contribution is 2.43. The number of nitrogens with zero attached hydrogens (tertiary/aromatic N) is 4. The predicted octanol–water partition coefficient (Wildman–Crippen LogP) is 7.01. The van der Waals surface area contributed by atoms with Crippen molar-refractivity contribution in [2.45, 2.75) is 46.0 Å². The van der Waals surface area contributed by atoms with Crippen molar-refractivity contribution in [1.29, 1.82) is 0 Å². The molecule has 51 heavy (non-hydrogen) atoms. The fourth-order valence-corrected chi connectivity index (χ4v) is 7.04. The lowest BCUT2D eigenvalue weighted by molar-refractivity contribution is -0.142. The number of benzene rings is 2. The second-order valence-corrected chi connectivity index (χ2v) is 12.8. The first kappa shape index (κ1) is 37.5. The maximum Gasteiger partial charge on any atom is 0.330 e. The molecule has 7 rings (SSSR count). The third-order valence-electron chi connectivity index (χ3n) is 9.13. The quantitative estimate of drug-likeness (QED) is 0.168. The fraction of sp³-hybridized carbons (Fsp3) is 0.342. The van der Waals surface area contributed by atoms with Crippen molar-refractivity contribution in [3.8, 4) is 28.3 Å². The third kappa shape index (κ3) is 7.66. The number of nitrogens with one attached hydrogen (secondary N) is 2. The molecule has 0 bridgehead atoms. The molecule has 2 aliphatic rings. The summed E-state index contributed by atoms with van der Waals surface area (Å²) in [4.78, 5) is 44.9. The molecule has 0 atom stereocenters. The van der Waals surface area contributed by atoms with Gasteiger partial charge in [0, 0.05) is 42.5 Å². The van der Waals surface area contributed by atoms with E-state index in [1.807, 2.05) is 44.2 Å². The van der Waals surface area contributed by atoms with Gasteiger partial charge < -0.3 is 20.5 Å². The molecule has 1 aliphatic carbocycles. The fourth-order valence-electron chi connectivity index (χ4n) is 6.44. The minimum absolute atomic E-state index is 0.0914. The number of aliphatic carboxylic acids is 1. The monoisotopic (exact) mass is 732 g/mol. The standard InChI is InChI=1S/C30H25Cl2N5O3.C6H11NO2.C2H6/c1-36-23-13-14-33-27(24(23)29(38)37(2)30(36)39)34-21-12-6-10-19(26(21)32)18-9-5-11-20(25(18)31)22-15-16-7-4-8-17(16)28(35-22)40-3;8-6(9)5-1-3-7-4-2-5;1-2/h5-6,9-15H,4,7-8H2,1-3H3,(H,33,34);5,7H,1-4H2,(H,8,9);1-2H3. The molecule has 0 radical (unpaired) electrons. The van der Waals surface area contributed by atoms with Crippen LogP contribution in [0.3, 0.4) is 0 Å². The zero-order valence-corrected chi connectivity index (χ0v) is 30.9. The number of ether oxygens (including phenoxy) is 1. The van der Waals surface area contributed by atoms with E-state index < -0.39 is 17.2 Å². The molecule has 0 spiro atoms. The number of piperidine rings is 1. The van der Waals surface area contributed by atoms with Gasteiger partial charge in [-0.2, -0.15) is 0 Å². The summed E-state index contributed by atoms with van der Waals surface area (Å²) < 4.78 is 8.06. The van der Waals surface area contributed by atoms with Crippen LogP contribution in [0.5, 0.6) is 5.88 Å². The summed E-state index contributed by atoms with van der Waals surface area (Å²) in [7, 11) is 4.69. The van der Waals surface area contributed by atoms with Crippen molar-refractivity contribution in [2.24, 2.45) is 20.0 Å². The topological polar surface area (TPSA) is 140 Å². The van der Waals surface area contributed by atoms with Gasteiger partial charge in [0.1, 0.15) is 11.2 Å². The number of carboxylic acid groups (broad SMARTS) is 1. The maximum atomic E-state index is 13.0. The molecule has 1 saturated heterocycles. The van der Waals surface area contributed by atoms with Crippen molar-refractivity contribution in [3.63, 3.8) is 0 Å². The van der Waals surface area contributed by atoms with Crippen LogP contribution in [0.15, 0.2) is 64.3 Å². The lowest BCUT2D eigenvalue weighted by Gasteiger charge is -2.17. The van der Waals surface area contributed by atoms with Gasteiger partial charge in [-0.25, -0.2) is 14.8 Å². The molecular formula is C38H42Cl2N6O5. The lowest BCUT2D eigenvalue weighted by atomic mass is 9.99. The van der Waals surface area contributed by atoms with Crippen LogP contribution in [-0.4, -0.2) is 50.4 Å². The summed E-state index contributed by atoms with van der Waals surface area (Å²) in [5.41, 5.74) is 5.49. The highest BCUT2D eigenvalue weighted by Gasteiger charge is 2.22. The second kappa shape index (κ2) is 16.5. The Morgan fingerprint density at radius 2 is 1.63 bits per heavy atom. The first-order valence-corrected chi connectivity index (χ1v) is 17.8. The molecule has 0 amide bonds. The first-order valence-electron chi connectivity index (χ1n) is 17.0. The van der Waals surface area contributed by atoms with Gasteiger partial charge in [-0.1, -0.05) is 67.4 Å². The number of aryl methyl sites for hydroxylation is 2.